The van der Waals surface area contributed by atoms with Crippen molar-refractivity contribution in [1.82, 2.24) is 0 Å². The molecule has 0 saturated heterocycles. The first-order valence-electron chi connectivity index (χ1n) is 3.05. The zero-order valence-electron chi connectivity index (χ0n) is 6.44. The third kappa shape index (κ3) is 4.19. The van der Waals surface area contributed by atoms with Crippen molar-refractivity contribution < 1.29 is 4.79 Å². The van der Waals surface area contributed by atoms with Crippen molar-refractivity contribution in [3.63, 3.8) is 0 Å². The first kappa shape index (κ1) is 10.3. The molecule has 3 heteroatoms. The summed E-state index contributed by atoms with van der Waals surface area (Å²) in [5, 5.41) is 0. The molecule has 1 unspecified atom stereocenters. The first-order chi connectivity index (χ1) is 4.48. The fourth-order valence-corrected chi connectivity index (χ4v) is 0.968. The van der Waals surface area contributed by atoms with Gasteiger partial charge in [0.15, 0.2) is 5.78 Å². The third-order valence-electron chi connectivity index (χ3n) is 1.04. The highest BCUT2D eigenvalue weighted by molar-refractivity contribution is 9.37. The maximum Gasteiger partial charge on any atom is 0.161 e. The van der Waals surface area contributed by atoms with Gasteiger partial charge in [-0.05, 0) is 19.2 Å². The lowest BCUT2D eigenvalue weighted by Gasteiger charge is -2.12. The van der Waals surface area contributed by atoms with Crippen molar-refractivity contribution in [1.29, 1.82) is 0 Å². The lowest BCUT2D eigenvalue weighted by Crippen LogP contribution is -2.16. The van der Waals surface area contributed by atoms with Gasteiger partial charge in [-0.1, -0.05) is 36.3 Å². The number of rotatable bonds is 2. The van der Waals surface area contributed by atoms with Crippen molar-refractivity contribution in [2.45, 2.75) is 20.8 Å². The van der Waals surface area contributed by atoms with Gasteiger partial charge < -0.3 is 0 Å². The Morgan fingerprint density at radius 1 is 1.50 bits per heavy atom. The zero-order valence-corrected chi connectivity index (χ0v) is 9.03. The molecule has 0 rings (SSSR count). The van der Waals surface area contributed by atoms with E-state index >= 15 is 0 Å². The quantitative estimate of drug-likeness (QED) is 0.519. The predicted octanol–water partition coefficient (Wildman–Crippen LogP) is 3.10. The molecule has 10 heavy (non-hydrogen) atoms. The molecule has 0 aliphatic rings. The van der Waals surface area contributed by atoms with E-state index in [9.17, 15) is 4.79 Å². The van der Waals surface area contributed by atoms with Crippen LogP contribution in [0, 0.1) is 5.41 Å². The van der Waals surface area contributed by atoms with E-state index in [4.69, 9.17) is 0 Å². The van der Waals surface area contributed by atoms with Gasteiger partial charge in [-0.25, -0.2) is 0 Å². The maximum atomic E-state index is 11.1. The van der Waals surface area contributed by atoms with Gasteiger partial charge in [0.2, 0.25) is 0 Å². The van der Waals surface area contributed by atoms with Crippen molar-refractivity contribution >= 4 is 28.6 Å². The van der Waals surface area contributed by atoms with E-state index in [1.54, 1.807) is 6.08 Å². The average Bonchev–Trinajstić information content (AvgIpc) is 1.80. The summed E-state index contributed by atoms with van der Waals surface area (Å²) < 4.78 is 0. The highest BCUT2D eigenvalue weighted by Gasteiger charge is 2.17. The number of allylic oxidation sites excluding steroid dienone is 1. The summed E-state index contributed by atoms with van der Waals surface area (Å²) in [7, 11) is 0.541. The molecular formula is C7H12BrOP. The molecule has 0 aromatic carbocycles. The van der Waals surface area contributed by atoms with E-state index in [2.05, 4.69) is 15.5 Å². The second kappa shape index (κ2) is 4.25. The molecule has 0 bridgehead atoms. The molecule has 0 heterocycles. The van der Waals surface area contributed by atoms with Crippen LogP contribution in [0.3, 0.4) is 0 Å². The fourth-order valence-electron chi connectivity index (χ4n) is 0.357. The molecule has 0 aliphatic carbocycles. The standard InChI is InChI=1S/C7H12BrOP/c1-7(2,3)6(9)4-5-10-8/h4-5,10H,1-3H3/b5-4+. The second-order valence-electron chi connectivity index (χ2n) is 3.06. The highest BCUT2D eigenvalue weighted by Crippen LogP contribution is 2.22. The Labute approximate surface area is 71.8 Å². The van der Waals surface area contributed by atoms with Crippen LogP contribution >= 0.6 is 22.8 Å². The molecule has 1 atom stereocenters. The highest BCUT2D eigenvalue weighted by atomic mass is 79.9. The predicted molar refractivity (Wildman–Crippen MR) is 50.8 cm³/mol. The maximum absolute atomic E-state index is 11.1. The minimum atomic E-state index is -0.233. The lowest BCUT2D eigenvalue weighted by atomic mass is 9.91. The molecule has 0 aromatic rings. The van der Waals surface area contributed by atoms with Crippen LogP contribution in [0.25, 0.3) is 0 Å². The van der Waals surface area contributed by atoms with Crippen LogP contribution in [0.5, 0.6) is 0 Å². The molecule has 0 spiro atoms. The molecule has 0 N–H and O–H groups in total. The number of carbonyl (C=O) groups is 1. The Kier molecular flexibility index (Phi) is 4.39. The van der Waals surface area contributed by atoms with E-state index in [1.165, 1.54) is 0 Å². The van der Waals surface area contributed by atoms with E-state index in [-0.39, 0.29) is 11.2 Å². The molecule has 0 aliphatic heterocycles. The molecule has 0 fully saturated rings. The minimum absolute atomic E-state index is 0.180. The fraction of sp³-hybridized carbons (Fsp3) is 0.571. The number of carbonyl (C=O) groups excluding carboxylic acids is 1. The van der Waals surface area contributed by atoms with Gasteiger partial charge in [-0.3, -0.25) is 4.79 Å². The van der Waals surface area contributed by atoms with Crippen LogP contribution in [-0.4, -0.2) is 5.78 Å². The van der Waals surface area contributed by atoms with Gasteiger partial charge in [0, 0.05) is 5.41 Å². The minimum Gasteiger partial charge on any atom is -0.294 e. The van der Waals surface area contributed by atoms with Gasteiger partial charge in [0.25, 0.3) is 0 Å². The van der Waals surface area contributed by atoms with Gasteiger partial charge >= 0.3 is 0 Å². The summed E-state index contributed by atoms with van der Waals surface area (Å²) in [6, 6.07) is 0. The van der Waals surface area contributed by atoms with Gasteiger partial charge in [-0.15, -0.1) is 0 Å². The largest absolute Gasteiger partial charge is 0.294 e. The Hall–Kier alpha value is 0.320. The van der Waals surface area contributed by atoms with Crippen LogP contribution in [0.4, 0.5) is 0 Å². The van der Waals surface area contributed by atoms with Gasteiger partial charge in [0.1, 0.15) is 0 Å². The Morgan fingerprint density at radius 3 is 2.30 bits per heavy atom. The first-order valence-corrected chi connectivity index (χ1v) is 6.39. The van der Waals surface area contributed by atoms with E-state index in [0.29, 0.717) is 7.28 Å². The van der Waals surface area contributed by atoms with Crippen molar-refractivity contribution in [3.8, 4) is 0 Å². The summed E-state index contributed by atoms with van der Waals surface area (Å²) in [5.74, 6) is 2.02. The van der Waals surface area contributed by atoms with Crippen molar-refractivity contribution in [2.75, 3.05) is 0 Å². The molecule has 0 amide bonds. The number of halogens is 1. The zero-order chi connectivity index (χ0) is 8.20. The van der Waals surface area contributed by atoms with Crippen LogP contribution in [0.2, 0.25) is 0 Å². The van der Waals surface area contributed by atoms with Crippen LogP contribution < -0.4 is 0 Å². The summed E-state index contributed by atoms with van der Waals surface area (Å²) >= 11 is 3.23. The monoisotopic (exact) mass is 222 g/mol. The Bertz CT molecular complexity index is 146. The molecule has 0 radical (unpaired) electrons. The second-order valence-corrected chi connectivity index (χ2v) is 4.98. The van der Waals surface area contributed by atoms with Crippen LogP contribution in [-0.2, 0) is 4.79 Å². The molecule has 0 aromatic heterocycles. The summed E-state index contributed by atoms with van der Waals surface area (Å²) in [6.07, 6.45) is 1.63. The lowest BCUT2D eigenvalue weighted by molar-refractivity contribution is -0.121. The van der Waals surface area contributed by atoms with Crippen LogP contribution in [0.1, 0.15) is 20.8 Å². The molecule has 1 nitrogen and oxygen atoms in total. The van der Waals surface area contributed by atoms with E-state index in [1.807, 2.05) is 26.6 Å². The van der Waals surface area contributed by atoms with E-state index < -0.39 is 0 Å². The van der Waals surface area contributed by atoms with Gasteiger partial charge in [-0.2, -0.15) is 0 Å². The van der Waals surface area contributed by atoms with Crippen molar-refractivity contribution in [3.05, 3.63) is 11.9 Å². The average molecular weight is 223 g/mol. The smallest absolute Gasteiger partial charge is 0.161 e. The SMILES string of the molecule is CC(C)(C)C(=O)/C=C/PBr. The summed E-state index contributed by atoms with van der Waals surface area (Å²) in [4.78, 5) is 11.1. The number of ketones is 1. The normalized spacial score (nSPS) is 13.6. The summed E-state index contributed by atoms with van der Waals surface area (Å²) in [5.41, 5.74) is -0.233. The molecule has 58 valence electrons. The number of hydrogen-bond acceptors (Lipinski definition) is 1. The summed E-state index contributed by atoms with van der Waals surface area (Å²) in [6.45, 7) is 5.74. The Balaban J connectivity index is 3.98. The topological polar surface area (TPSA) is 17.1 Å². The van der Waals surface area contributed by atoms with Crippen molar-refractivity contribution in [2.24, 2.45) is 5.41 Å². The molecular weight excluding hydrogens is 211 g/mol. The Morgan fingerprint density at radius 2 is 2.00 bits per heavy atom. The van der Waals surface area contributed by atoms with Crippen LogP contribution in [0.15, 0.2) is 11.9 Å². The molecule has 0 saturated carbocycles. The van der Waals surface area contributed by atoms with Gasteiger partial charge in [0.05, 0.1) is 0 Å². The number of hydrogen-bond donors (Lipinski definition) is 0. The third-order valence-corrected chi connectivity index (χ3v) is 2.12. The van der Waals surface area contributed by atoms with E-state index in [0.717, 1.165) is 0 Å².